The number of hydrogen-bond donors (Lipinski definition) is 3. The van der Waals surface area contributed by atoms with Gasteiger partial charge in [0.2, 0.25) is 5.91 Å². The Hall–Kier alpha value is -2.09. The van der Waals surface area contributed by atoms with Crippen molar-refractivity contribution in [2.45, 2.75) is 38.6 Å². The number of halogens is 1. The van der Waals surface area contributed by atoms with E-state index in [1.807, 2.05) is 26.0 Å². The maximum Gasteiger partial charge on any atom is 0.221 e. The maximum absolute atomic E-state index is 11.8. The zero-order chi connectivity index (χ0) is 20.2. The van der Waals surface area contributed by atoms with E-state index in [9.17, 15) is 4.79 Å². The molecule has 0 aromatic heterocycles. The Morgan fingerprint density at radius 1 is 0.966 bits per heavy atom. The monoisotopic (exact) mass is 508 g/mol. The van der Waals surface area contributed by atoms with Gasteiger partial charge in [-0.05, 0) is 31.4 Å². The van der Waals surface area contributed by atoms with Crippen molar-refractivity contribution in [2.75, 3.05) is 20.1 Å². The van der Waals surface area contributed by atoms with Crippen LogP contribution in [0.3, 0.4) is 0 Å². The van der Waals surface area contributed by atoms with Crippen LogP contribution in [0.5, 0.6) is 0 Å². The number of amides is 1. The Morgan fingerprint density at radius 2 is 1.59 bits per heavy atom. The molecule has 0 bridgehead atoms. The molecule has 158 valence electrons. The minimum absolute atomic E-state index is 0. The van der Waals surface area contributed by atoms with Gasteiger partial charge in [-0.1, -0.05) is 60.7 Å². The second-order valence-electron chi connectivity index (χ2n) is 7.15. The summed E-state index contributed by atoms with van der Waals surface area (Å²) in [7, 11) is 1.75. The van der Waals surface area contributed by atoms with E-state index in [1.165, 1.54) is 11.1 Å². The van der Waals surface area contributed by atoms with Crippen LogP contribution in [0.15, 0.2) is 65.7 Å². The molecule has 1 amide bonds. The van der Waals surface area contributed by atoms with Crippen molar-refractivity contribution < 1.29 is 4.79 Å². The largest absolute Gasteiger partial charge is 0.356 e. The van der Waals surface area contributed by atoms with Crippen molar-refractivity contribution >= 4 is 35.8 Å². The number of aliphatic imine (C=N–C) groups is 1. The average Bonchev–Trinajstić information content (AvgIpc) is 2.70. The Balaban J connectivity index is 0.00000420. The smallest absolute Gasteiger partial charge is 0.221 e. The second-order valence-corrected chi connectivity index (χ2v) is 7.15. The topological polar surface area (TPSA) is 65.5 Å². The van der Waals surface area contributed by atoms with Crippen molar-refractivity contribution in [3.05, 3.63) is 71.8 Å². The highest BCUT2D eigenvalue weighted by molar-refractivity contribution is 14.0. The summed E-state index contributed by atoms with van der Waals surface area (Å²) in [6, 6.07) is 21.2. The Kier molecular flexibility index (Phi) is 12.0. The first-order valence-electron chi connectivity index (χ1n) is 9.91. The van der Waals surface area contributed by atoms with Gasteiger partial charge in [-0.2, -0.15) is 0 Å². The van der Waals surface area contributed by atoms with Crippen LogP contribution in [0.4, 0.5) is 0 Å². The van der Waals surface area contributed by atoms with Crippen LogP contribution in [-0.4, -0.2) is 38.0 Å². The highest BCUT2D eigenvalue weighted by Crippen LogP contribution is 2.20. The molecule has 2 aromatic rings. The fourth-order valence-electron chi connectivity index (χ4n) is 3.06. The summed E-state index contributed by atoms with van der Waals surface area (Å²) in [5, 5.41) is 9.53. The minimum Gasteiger partial charge on any atom is -0.356 e. The van der Waals surface area contributed by atoms with Gasteiger partial charge >= 0.3 is 0 Å². The highest BCUT2D eigenvalue weighted by Gasteiger charge is 2.13. The lowest BCUT2D eigenvalue weighted by Crippen LogP contribution is -2.41. The molecule has 0 aliphatic rings. The average molecular weight is 508 g/mol. The number of benzene rings is 2. The third-order valence-electron chi connectivity index (χ3n) is 4.43. The SMILES string of the molecule is CN=C(NCCC(=O)NC(C)C)NCC(Cc1ccccc1)c1ccccc1.I. The lowest BCUT2D eigenvalue weighted by Gasteiger charge is -2.20. The molecule has 0 radical (unpaired) electrons. The van der Waals surface area contributed by atoms with Crippen molar-refractivity contribution in [2.24, 2.45) is 4.99 Å². The third kappa shape index (κ3) is 9.78. The van der Waals surface area contributed by atoms with Crippen LogP contribution in [0.25, 0.3) is 0 Å². The first-order valence-corrected chi connectivity index (χ1v) is 9.91. The molecular weight excluding hydrogens is 475 g/mol. The van der Waals surface area contributed by atoms with Crippen LogP contribution in [0.1, 0.15) is 37.3 Å². The molecule has 29 heavy (non-hydrogen) atoms. The fourth-order valence-corrected chi connectivity index (χ4v) is 3.06. The van der Waals surface area contributed by atoms with E-state index in [0.29, 0.717) is 24.8 Å². The van der Waals surface area contributed by atoms with E-state index >= 15 is 0 Å². The van der Waals surface area contributed by atoms with Crippen molar-refractivity contribution in [1.82, 2.24) is 16.0 Å². The van der Waals surface area contributed by atoms with Gasteiger partial charge in [-0.25, -0.2) is 0 Å². The molecule has 1 unspecified atom stereocenters. The van der Waals surface area contributed by atoms with Crippen LogP contribution >= 0.6 is 24.0 Å². The molecule has 2 aromatic carbocycles. The van der Waals surface area contributed by atoms with Crippen LogP contribution < -0.4 is 16.0 Å². The number of guanidine groups is 1. The zero-order valence-electron chi connectivity index (χ0n) is 17.5. The summed E-state index contributed by atoms with van der Waals surface area (Å²) >= 11 is 0. The molecule has 0 saturated carbocycles. The molecule has 2 rings (SSSR count). The van der Waals surface area contributed by atoms with E-state index in [-0.39, 0.29) is 35.9 Å². The van der Waals surface area contributed by atoms with Crippen molar-refractivity contribution in [3.63, 3.8) is 0 Å². The van der Waals surface area contributed by atoms with Gasteiger partial charge in [0.1, 0.15) is 0 Å². The van der Waals surface area contributed by atoms with Gasteiger partial charge in [-0.3, -0.25) is 9.79 Å². The third-order valence-corrected chi connectivity index (χ3v) is 4.43. The van der Waals surface area contributed by atoms with Crippen LogP contribution in [0.2, 0.25) is 0 Å². The first kappa shape index (κ1) is 24.9. The fraction of sp³-hybridized carbons (Fsp3) is 0.391. The quantitative estimate of drug-likeness (QED) is 0.275. The zero-order valence-corrected chi connectivity index (χ0v) is 19.9. The van der Waals surface area contributed by atoms with E-state index < -0.39 is 0 Å². The van der Waals surface area contributed by atoms with Gasteiger partial charge in [0.15, 0.2) is 5.96 Å². The van der Waals surface area contributed by atoms with Crippen LogP contribution in [0, 0.1) is 0 Å². The Morgan fingerprint density at radius 3 is 2.17 bits per heavy atom. The molecule has 1 atom stereocenters. The molecule has 0 aliphatic heterocycles. The Labute approximate surface area is 191 Å². The van der Waals surface area contributed by atoms with Crippen molar-refractivity contribution in [3.8, 4) is 0 Å². The molecule has 0 saturated heterocycles. The molecule has 3 N–H and O–H groups in total. The number of nitrogens with one attached hydrogen (secondary N) is 3. The number of rotatable bonds is 9. The van der Waals surface area contributed by atoms with E-state index in [0.717, 1.165) is 13.0 Å². The summed E-state index contributed by atoms with van der Waals surface area (Å²) in [5.74, 6) is 1.09. The van der Waals surface area contributed by atoms with Gasteiger partial charge < -0.3 is 16.0 Å². The van der Waals surface area contributed by atoms with Gasteiger partial charge in [-0.15, -0.1) is 24.0 Å². The van der Waals surface area contributed by atoms with Crippen LogP contribution in [-0.2, 0) is 11.2 Å². The number of carbonyl (C=O) groups excluding carboxylic acids is 1. The lowest BCUT2D eigenvalue weighted by molar-refractivity contribution is -0.121. The number of hydrogen-bond acceptors (Lipinski definition) is 2. The van der Waals surface area contributed by atoms with Gasteiger partial charge in [0, 0.05) is 38.5 Å². The highest BCUT2D eigenvalue weighted by atomic mass is 127. The summed E-state index contributed by atoms with van der Waals surface area (Å²) in [5.41, 5.74) is 2.61. The standard InChI is InChI=1S/C23H32N4O.HI/c1-18(2)27-22(28)14-15-25-23(24-3)26-17-21(20-12-8-5-9-13-20)16-19-10-6-4-7-11-19;/h4-13,18,21H,14-17H2,1-3H3,(H,27,28)(H2,24,25,26);1H. The lowest BCUT2D eigenvalue weighted by atomic mass is 9.92. The molecule has 0 fully saturated rings. The van der Waals surface area contributed by atoms with E-state index in [2.05, 4.69) is 69.5 Å². The minimum atomic E-state index is 0. The molecule has 5 nitrogen and oxygen atoms in total. The summed E-state index contributed by atoms with van der Waals surface area (Å²) < 4.78 is 0. The first-order chi connectivity index (χ1) is 13.6. The summed E-state index contributed by atoms with van der Waals surface area (Å²) in [6.07, 6.45) is 1.37. The Bertz CT molecular complexity index is 735. The predicted octanol–water partition coefficient (Wildman–Crippen LogP) is 3.71. The normalized spacial score (nSPS) is 12.1. The van der Waals surface area contributed by atoms with E-state index in [1.54, 1.807) is 7.05 Å². The molecule has 0 aliphatic carbocycles. The summed E-state index contributed by atoms with van der Waals surface area (Å²) in [4.78, 5) is 16.0. The maximum atomic E-state index is 11.8. The second kappa shape index (κ2) is 14.0. The number of nitrogens with zero attached hydrogens (tertiary/aromatic N) is 1. The predicted molar refractivity (Wildman–Crippen MR) is 132 cm³/mol. The van der Waals surface area contributed by atoms with Crippen molar-refractivity contribution in [1.29, 1.82) is 0 Å². The molecule has 6 heteroatoms. The molecular formula is C23H33IN4O. The molecule has 0 heterocycles. The number of carbonyl (C=O) groups is 1. The molecule has 0 spiro atoms. The van der Waals surface area contributed by atoms with Gasteiger partial charge in [0.05, 0.1) is 0 Å². The van der Waals surface area contributed by atoms with Gasteiger partial charge in [0.25, 0.3) is 0 Å². The van der Waals surface area contributed by atoms with E-state index in [4.69, 9.17) is 0 Å². The summed E-state index contributed by atoms with van der Waals surface area (Å²) in [6.45, 7) is 5.23.